The molecule has 2 N–H and O–H groups in total. The van der Waals surface area contributed by atoms with Gasteiger partial charge in [0.25, 0.3) is 0 Å². The van der Waals surface area contributed by atoms with E-state index in [4.69, 9.17) is 5.73 Å². The first kappa shape index (κ1) is 6.56. The molecule has 0 aromatic rings. The second-order valence-corrected chi connectivity index (χ2v) is 1.68. The smallest absolute Gasteiger partial charge is 0.209 e. The molecule has 0 atom stereocenters. The van der Waals surface area contributed by atoms with E-state index in [1.54, 1.807) is 11.7 Å². The van der Waals surface area contributed by atoms with Gasteiger partial charge in [-0.15, -0.1) is 11.8 Å². The second kappa shape index (κ2) is 5.56. The van der Waals surface area contributed by atoms with Crippen LogP contribution < -0.4 is 5.73 Å². The van der Waals surface area contributed by atoms with Gasteiger partial charge in [0.2, 0.25) is 6.29 Å². The van der Waals surface area contributed by atoms with Crippen LogP contribution in [0.3, 0.4) is 0 Å². The van der Waals surface area contributed by atoms with Crippen LogP contribution in [0.5, 0.6) is 0 Å². The summed E-state index contributed by atoms with van der Waals surface area (Å²) in [6.45, 7) is 0. The third kappa shape index (κ3) is 5.56. The number of thioether (sulfide) groups is 1. The maximum atomic E-state index is 9.46. The van der Waals surface area contributed by atoms with E-state index in [1.165, 1.54) is 18.0 Å². The molecule has 0 saturated heterocycles. The number of nitrogens with two attached hydrogens (primary N) is 1. The Morgan fingerprint density at radius 1 is 1.86 bits per heavy atom. The Morgan fingerprint density at radius 2 is 2.57 bits per heavy atom. The van der Waals surface area contributed by atoms with Gasteiger partial charge < -0.3 is 5.73 Å². The molecule has 39 valence electrons. The van der Waals surface area contributed by atoms with Crippen LogP contribution in [0.15, 0.2) is 11.6 Å². The third-order valence-electron chi connectivity index (χ3n) is 0.317. The van der Waals surface area contributed by atoms with Crippen LogP contribution in [0, 0.1) is 0 Å². The summed E-state index contributed by atoms with van der Waals surface area (Å²) in [5.74, 6) is 0.369. The van der Waals surface area contributed by atoms with Crippen molar-refractivity contribution in [1.82, 2.24) is 0 Å². The van der Waals surface area contributed by atoms with Crippen molar-refractivity contribution in [2.45, 2.75) is 0 Å². The summed E-state index contributed by atoms with van der Waals surface area (Å²) in [5, 5.41) is 1.64. The summed E-state index contributed by atoms with van der Waals surface area (Å²) < 4.78 is 0. The predicted molar refractivity (Wildman–Crippen MR) is 31.5 cm³/mol. The fourth-order valence-electron chi connectivity index (χ4n) is 0.138. The highest BCUT2D eigenvalue weighted by molar-refractivity contribution is 8.02. The van der Waals surface area contributed by atoms with Crippen LogP contribution >= 0.6 is 11.8 Å². The van der Waals surface area contributed by atoms with E-state index in [1.807, 2.05) is 0 Å². The van der Waals surface area contributed by atoms with Crippen molar-refractivity contribution >= 4 is 18.0 Å². The predicted octanol–water partition coefficient (Wildman–Crippen LogP) is 0.259. The molecule has 1 radical (unpaired) electrons. The number of carbonyl (C=O) groups excluding carboxylic acids is 1. The van der Waals surface area contributed by atoms with Gasteiger partial charge in [-0.2, -0.15) is 0 Å². The van der Waals surface area contributed by atoms with Crippen LogP contribution in [0.1, 0.15) is 0 Å². The van der Waals surface area contributed by atoms with Gasteiger partial charge in [-0.25, -0.2) is 0 Å². The number of rotatable bonds is 3. The van der Waals surface area contributed by atoms with E-state index < -0.39 is 0 Å². The summed E-state index contributed by atoms with van der Waals surface area (Å²) in [5.41, 5.74) is 4.94. The van der Waals surface area contributed by atoms with Gasteiger partial charge in [0.05, 0.1) is 5.75 Å². The van der Waals surface area contributed by atoms with E-state index in [0.29, 0.717) is 5.75 Å². The van der Waals surface area contributed by atoms with E-state index >= 15 is 0 Å². The largest absolute Gasteiger partial charge is 0.404 e. The highest BCUT2D eigenvalue weighted by atomic mass is 32.2. The first-order valence-electron chi connectivity index (χ1n) is 1.75. The monoisotopic (exact) mass is 116 g/mol. The Bertz CT molecular complexity index is 72.1. The maximum Gasteiger partial charge on any atom is 0.209 e. The van der Waals surface area contributed by atoms with Gasteiger partial charge in [-0.1, -0.05) is 0 Å². The highest BCUT2D eigenvalue weighted by Crippen LogP contribution is 1.95. The summed E-state index contributed by atoms with van der Waals surface area (Å²) >= 11 is 1.32. The fraction of sp³-hybridized carbons (Fsp3) is 0.250. The maximum absolute atomic E-state index is 9.46. The van der Waals surface area contributed by atoms with Gasteiger partial charge in [-0.3, -0.25) is 4.79 Å². The van der Waals surface area contributed by atoms with Crippen LogP contribution in [0.4, 0.5) is 0 Å². The van der Waals surface area contributed by atoms with E-state index in [-0.39, 0.29) is 0 Å². The van der Waals surface area contributed by atoms with Crippen LogP contribution in [-0.2, 0) is 4.79 Å². The minimum atomic E-state index is 0.369. The molecule has 0 bridgehead atoms. The van der Waals surface area contributed by atoms with Gasteiger partial charge in [0, 0.05) is 6.20 Å². The molecule has 0 rings (SSSR count). The zero-order chi connectivity index (χ0) is 5.54. The first-order chi connectivity index (χ1) is 3.41. The molecule has 0 aromatic heterocycles. The summed E-state index contributed by atoms with van der Waals surface area (Å²) in [6.07, 6.45) is 3.10. The molecule has 0 saturated carbocycles. The molecular weight excluding hydrogens is 110 g/mol. The van der Waals surface area contributed by atoms with Gasteiger partial charge in [-0.05, 0) is 5.41 Å². The molecule has 0 aliphatic carbocycles. The average Bonchev–Trinajstić information content (AvgIpc) is 1.69. The van der Waals surface area contributed by atoms with Crippen LogP contribution in [-0.4, -0.2) is 12.0 Å². The zero-order valence-electron chi connectivity index (χ0n) is 3.76. The van der Waals surface area contributed by atoms with E-state index in [9.17, 15) is 4.79 Å². The third-order valence-corrected chi connectivity index (χ3v) is 0.951. The first-order valence-corrected chi connectivity index (χ1v) is 2.80. The molecule has 0 unspecified atom stereocenters. The van der Waals surface area contributed by atoms with E-state index in [0.717, 1.165) is 0 Å². The van der Waals surface area contributed by atoms with Crippen molar-refractivity contribution in [3.05, 3.63) is 11.6 Å². The highest BCUT2D eigenvalue weighted by Gasteiger charge is 1.74. The quantitative estimate of drug-likeness (QED) is 0.538. The van der Waals surface area contributed by atoms with Gasteiger partial charge >= 0.3 is 0 Å². The van der Waals surface area contributed by atoms with Crippen LogP contribution in [0.2, 0.25) is 0 Å². The lowest BCUT2D eigenvalue weighted by Gasteiger charge is -1.75. The molecular formula is C4H6NOS. The van der Waals surface area contributed by atoms with Crippen LogP contribution in [0.25, 0.3) is 0 Å². The average molecular weight is 116 g/mol. The minimum absolute atomic E-state index is 0.369. The standard InChI is InChI=1S/C4H6NOS/c5-1-3-7-4-2-6/h1,3H,4-5H2/b3-1+. The summed E-state index contributed by atoms with van der Waals surface area (Å²) in [6, 6.07) is 0. The second-order valence-electron chi connectivity index (χ2n) is 0.784. The molecule has 0 spiro atoms. The van der Waals surface area contributed by atoms with Crippen molar-refractivity contribution < 1.29 is 4.79 Å². The molecule has 7 heavy (non-hydrogen) atoms. The Morgan fingerprint density at radius 3 is 3.00 bits per heavy atom. The number of hydrogen-bond acceptors (Lipinski definition) is 3. The fourth-order valence-corrected chi connectivity index (χ4v) is 0.413. The Labute approximate surface area is 46.8 Å². The summed E-state index contributed by atoms with van der Waals surface area (Å²) in [4.78, 5) is 9.46. The molecule has 2 nitrogen and oxygen atoms in total. The van der Waals surface area contributed by atoms with Crippen molar-refractivity contribution in [1.29, 1.82) is 0 Å². The Balaban J connectivity index is 2.82. The minimum Gasteiger partial charge on any atom is -0.404 e. The van der Waals surface area contributed by atoms with Crippen molar-refractivity contribution in [2.24, 2.45) is 5.73 Å². The molecule has 0 aromatic carbocycles. The van der Waals surface area contributed by atoms with Crippen molar-refractivity contribution in [3.8, 4) is 0 Å². The molecule has 0 aliphatic rings. The zero-order valence-corrected chi connectivity index (χ0v) is 4.57. The van der Waals surface area contributed by atoms with Gasteiger partial charge in [0.15, 0.2) is 0 Å². The van der Waals surface area contributed by atoms with E-state index in [2.05, 4.69) is 0 Å². The van der Waals surface area contributed by atoms with Gasteiger partial charge in [0.1, 0.15) is 0 Å². The molecule has 0 aliphatic heterocycles. The topological polar surface area (TPSA) is 43.1 Å². The Hall–Kier alpha value is -0.440. The Kier molecular flexibility index (Phi) is 5.21. The normalized spacial score (nSPS) is 9.71. The summed E-state index contributed by atoms with van der Waals surface area (Å²) in [7, 11) is 0. The molecule has 3 heteroatoms. The number of hydrogen-bond donors (Lipinski definition) is 1. The molecule has 0 fully saturated rings. The molecule has 0 heterocycles. The SMILES string of the molecule is N/C=C/SC[C]=O. The lowest BCUT2D eigenvalue weighted by molar-refractivity contribution is 0.560. The lowest BCUT2D eigenvalue weighted by atomic mass is 10.9. The van der Waals surface area contributed by atoms with Crippen molar-refractivity contribution in [2.75, 3.05) is 5.75 Å². The lowest BCUT2D eigenvalue weighted by Crippen LogP contribution is -1.76. The van der Waals surface area contributed by atoms with Crippen molar-refractivity contribution in [3.63, 3.8) is 0 Å². The molecule has 0 amide bonds.